The standard InChI is InChI=1S/C7H12N2O3/c1-9-3-5(7(11)12)2-8-6(10)4-9/h5H,2-4H2,1H3,(H,8,10)(H,11,12). The van der Waals surface area contributed by atoms with Gasteiger partial charge < -0.3 is 10.4 Å². The fourth-order valence-electron chi connectivity index (χ4n) is 1.21. The maximum atomic E-state index is 10.9. The van der Waals surface area contributed by atoms with Crippen molar-refractivity contribution in [1.29, 1.82) is 0 Å². The third-order valence-corrected chi connectivity index (χ3v) is 1.84. The molecule has 0 bridgehead atoms. The second-order valence-corrected chi connectivity index (χ2v) is 3.04. The Morgan fingerprint density at radius 1 is 1.75 bits per heavy atom. The van der Waals surface area contributed by atoms with Gasteiger partial charge in [-0.2, -0.15) is 0 Å². The van der Waals surface area contributed by atoms with Crippen LogP contribution in [0, 0.1) is 5.92 Å². The SMILES string of the molecule is CN1CC(=O)NCC(C(=O)O)C1. The zero-order valence-electron chi connectivity index (χ0n) is 6.91. The molecular formula is C7H12N2O3. The largest absolute Gasteiger partial charge is 0.481 e. The van der Waals surface area contributed by atoms with Crippen molar-refractivity contribution < 1.29 is 14.7 Å². The zero-order chi connectivity index (χ0) is 9.14. The number of amides is 1. The summed E-state index contributed by atoms with van der Waals surface area (Å²) in [6.45, 7) is 0.941. The quantitative estimate of drug-likeness (QED) is 0.518. The minimum absolute atomic E-state index is 0.110. The molecule has 1 heterocycles. The number of carboxylic acids is 1. The van der Waals surface area contributed by atoms with Crippen LogP contribution in [0.4, 0.5) is 0 Å². The molecule has 0 aromatic rings. The lowest BCUT2D eigenvalue weighted by molar-refractivity contribution is -0.141. The fourth-order valence-corrected chi connectivity index (χ4v) is 1.21. The van der Waals surface area contributed by atoms with Crippen molar-refractivity contribution in [2.24, 2.45) is 5.92 Å². The molecule has 0 radical (unpaired) electrons. The summed E-state index contributed by atoms with van der Waals surface area (Å²) in [5.74, 6) is -1.45. The van der Waals surface area contributed by atoms with Crippen LogP contribution >= 0.6 is 0 Å². The minimum Gasteiger partial charge on any atom is -0.481 e. The second kappa shape index (κ2) is 3.53. The molecule has 0 saturated carbocycles. The summed E-state index contributed by atoms with van der Waals surface area (Å²) in [5.41, 5.74) is 0. The fraction of sp³-hybridized carbons (Fsp3) is 0.714. The summed E-state index contributed by atoms with van der Waals surface area (Å²) in [5, 5.41) is 11.2. The first kappa shape index (κ1) is 8.99. The van der Waals surface area contributed by atoms with Gasteiger partial charge in [0.15, 0.2) is 0 Å². The number of hydrogen-bond acceptors (Lipinski definition) is 3. The number of aliphatic carboxylic acids is 1. The number of carbonyl (C=O) groups is 2. The Kier molecular flexibility index (Phi) is 2.65. The maximum absolute atomic E-state index is 10.9. The molecule has 1 aliphatic rings. The minimum atomic E-state index is -0.857. The summed E-state index contributed by atoms with van der Waals surface area (Å²) < 4.78 is 0. The van der Waals surface area contributed by atoms with Crippen LogP contribution < -0.4 is 5.32 Å². The predicted molar refractivity (Wildman–Crippen MR) is 41.6 cm³/mol. The lowest BCUT2D eigenvalue weighted by Crippen LogP contribution is -2.31. The molecule has 1 aliphatic heterocycles. The van der Waals surface area contributed by atoms with E-state index in [1.54, 1.807) is 11.9 Å². The summed E-state index contributed by atoms with van der Waals surface area (Å²) in [7, 11) is 1.74. The molecule has 0 aromatic carbocycles. The van der Waals surface area contributed by atoms with E-state index in [-0.39, 0.29) is 19.0 Å². The molecule has 0 aliphatic carbocycles. The van der Waals surface area contributed by atoms with Gasteiger partial charge in [-0.05, 0) is 7.05 Å². The van der Waals surface area contributed by atoms with Crippen molar-refractivity contribution in [2.45, 2.75) is 0 Å². The van der Waals surface area contributed by atoms with Crippen LogP contribution in [0.3, 0.4) is 0 Å². The molecule has 5 nitrogen and oxygen atoms in total. The highest BCUT2D eigenvalue weighted by atomic mass is 16.4. The van der Waals surface area contributed by atoms with Gasteiger partial charge in [0.05, 0.1) is 12.5 Å². The highest BCUT2D eigenvalue weighted by molar-refractivity contribution is 5.80. The van der Waals surface area contributed by atoms with E-state index in [0.717, 1.165) is 0 Å². The van der Waals surface area contributed by atoms with Crippen molar-refractivity contribution in [3.63, 3.8) is 0 Å². The highest BCUT2D eigenvalue weighted by Crippen LogP contribution is 2.01. The number of hydrogen-bond donors (Lipinski definition) is 2. The van der Waals surface area contributed by atoms with Gasteiger partial charge in [0, 0.05) is 13.1 Å². The molecule has 12 heavy (non-hydrogen) atoms. The molecule has 1 atom stereocenters. The second-order valence-electron chi connectivity index (χ2n) is 3.04. The van der Waals surface area contributed by atoms with Gasteiger partial charge in [0.2, 0.25) is 5.91 Å². The number of likely N-dealkylation sites (N-methyl/N-ethyl adjacent to an activating group) is 1. The van der Waals surface area contributed by atoms with Crippen LogP contribution in [0.1, 0.15) is 0 Å². The van der Waals surface area contributed by atoms with Gasteiger partial charge in [-0.15, -0.1) is 0 Å². The third-order valence-electron chi connectivity index (χ3n) is 1.84. The van der Waals surface area contributed by atoms with Crippen molar-refractivity contribution >= 4 is 11.9 Å². The van der Waals surface area contributed by atoms with E-state index < -0.39 is 11.9 Å². The van der Waals surface area contributed by atoms with E-state index in [0.29, 0.717) is 6.54 Å². The summed E-state index contributed by atoms with van der Waals surface area (Å²) in [6, 6.07) is 0. The molecule has 1 fully saturated rings. The first-order chi connectivity index (χ1) is 5.59. The van der Waals surface area contributed by atoms with E-state index in [1.807, 2.05) is 0 Å². The lowest BCUT2D eigenvalue weighted by Gasteiger charge is -2.14. The molecule has 5 heteroatoms. The summed E-state index contributed by atoms with van der Waals surface area (Å²) in [4.78, 5) is 23.2. The maximum Gasteiger partial charge on any atom is 0.309 e. The Morgan fingerprint density at radius 3 is 3.00 bits per heavy atom. The average Bonchev–Trinajstić information content (AvgIpc) is 2.11. The van der Waals surface area contributed by atoms with Crippen molar-refractivity contribution in [3.8, 4) is 0 Å². The molecule has 2 N–H and O–H groups in total. The molecule has 68 valence electrons. The van der Waals surface area contributed by atoms with Crippen LogP contribution in [0.15, 0.2) is 0 Å². The van der Waals surface area contributed by atoms with E-state index in [2.05, 4.69) is 5.32 Å². The van der Waals surface area contributed by atoms with E-state index in [9.17, 15) is 9.59 Å². The number of nitrogens with one attached hydrogen (secondary N) is 1. The van der Waals surface area contributed by atoms with Gasteiger partial charge in [-0.1, -0.05) is 0 Å². The number of rotatable bonds is 1. The van der Waals surface area contributed by atoms with E-state index in [4.69, 9.17) is 5.11 Å². The molecular weight excluding hydrogens is 160 g/mol. The van der Waals surface area contributed by atoms with Crippen LogP contribution in [0.2, 0.25) is 0 Å². The van der Waals surface area contributed by atoms with Crippen LogP contribution in [0.25, 0.3) is 0 Å². The molecule has 1 unspecified atom stereocenters. The van der Waals surface area contributed by atoms with Gasteiger partial charge in [-0.3, -0.25) is 14.5 Å². The molecule has 0 spiro atoms. The Hall–Kier alpha value is -1.10. The normalized spacial score (nSPS) is 26.1. The Morgan fingerprint density at radius 2 is 2.42 bits per heavy atom. The summed E-state index contributed by atoms with van der Waals surface area (Å²) >= 11 is 0. The first-order valence-electron chi connectivity index (χ1n) is 3.77. The monoisotopic (exact) mass is 172 g/mol. The van der Waals surface area contributed by atoms with Gasteiger partial charge in [0.25, 0.3) is 0 Å². The molecule has 1 saturated heterocycles. The number of carbonyl (C=O) groups excluding carboxylic acids is 1. The summed E-state index contributed by atoms with van der Waals surface area (Å²) in [6.07, 6.45) is 0. The van der Waals surface area contributed by atoms with Crippen molar-refractivity contribution in [1.82, 2.24) is 10.2 Å². The number of carboxylic acid groups (broad SMARTS) is 1. The number of nitrogens with zero attached hydrogens (tertiary/aromatic N) is 1. The van der Waals surface area contributed by atoms with Crippen LogP contribution in [-0.2, 0) is 9.59 Å². The van der Waals surface area contributed by atoms with Crippen LogP contribution in [0.5, 0.6) is 0 Å². The predicted octanol–water partition coefficient (Wildman–Crippen LogP) is -1.25. The van der Waals surface area contributed by atoms with E-state index in [1.165, 1.54) is 0 Å². The molecule has 1 amide bonds. The Bertz CT molecular complexity index is 205. The first-order valence-corrected chi connectivity index (χ1v) is 3.77. The third kappa shape index (κ3) is 2.20. The molecule has 0 aromatic heterocycles. The average molecular weight is 172 g/mol. The van der Waals surface area contributed by atoms with Crippen molar-refractivity contribution in [3.05, 3.63) is 0 Å². The topological polar surface area (TPSA) is 69.6 Å². The Balaban J connectivity index is 2.58. The van der Waals surface area contributed by atoms with E-state index >= 15 is 0 Å². The highest BCUT2D eigenvalue weighted by Gasteiger charge is 2.24. The Labute approximate surface area is 70.4 Å². The van der Waals surface area contributed by atoms with Crippen LogP contribution in [-0.4, -0.2) is 48.6 Å². The van der Waals surface area contributed by atoms with Crippen molar-refractivity contribution in [2.75, 3.05) is 26.7 Å². The van der Waals surface area contributed by atoms with Gasteiger partial charge in [0.1, 0.15) is 0 Å². The van der Waals surface area contributed by atoms with Gasteiger partial charge >= 0.3 is 5.97 Å². The smallest absolute Gasteiger partial charge is 0.309 e. The molecule has 1 rings (SSSR count). The lowest BCUT2D eigenvalue weighted by atomic mass is 10.1. The van der Waals surface area contributed by atoms with Gasteiger partial charge in [-0.25, -0.2) is 0 Å². The zero-order valence-corrected chi connectivity index (χ0v) is 6.91.